The molecule has 0 spiro atoms. The molecule has 2 aromatic carbocycles. The Kier molecular flexibility index (Phi) is 7.90. The summed E-state index contributed by atoms with van der Waals surface area (Å²) in [5.41, 5.74) is 2.93. The van der Waals surface area contributed by atoms with Gasteiger partial charge < -0.3 is 29.9 Å². The first-order valence-electron chi connectivity index (χ1n) is 10.5. The number of nitrogens with zero attached hydrogens (tertiary/aromatic N) is 1. The van der Waals surface area contributed by atoms with Gasteiger partial charge in [0.1, 0.15) is 23.8 Å². The van der Waals surface area contributed by atoms with Crippen LogP contribution in [-0.2, 0) is 11.2 Å². The third kappa shape index (κ3) is 6.08. The SMILES string of the molecule is CCOC(Cc1ccc(NCCCN2CC(C)Oc3cc(F)ccc32)cc1)C(O)O. The minimum absolute atomic E-state index is 0.0257. The molecular weight excluding hydrogens is 387 g/mol. The number of aliphatic hydroxyl groups excluding tert-OH is 1. The minimum atomic E-state index is -1.49. The fourth-order valence-electron chi connectivity index (χ4n) is 3.68. The highest BCUT2D eigenvalue weighted by Gasteiger charge is 2.23. The molecule has 1 aliphatic heterocycles. The molecule has 0 saturated carbocycles. The van der Waals surface area contributed by atoms with E-state index in [0.717, 1.165) is 43.0 Å². The van der Waals surface area contributed by atoms with Crippen molar-refractivity contribution in [3.8, 4) is 5.75 Å². The van der Waals surface area contributed by atoms with Crippen LogP contribution >= 0.6 is 0 Å². The monoisotopic (exact) mass is 418 g/mol. The molecule has 30 heavy (non-hydrogen) atoms. The van der Waals surface area contributed by atoms with Gasteiger partial charge in [-0.15, -0.1) is 0 Å². The van der Waals surface area contributed by atoms with Crippen molar-refractivity contribution in [3.63, 3.8) is 0 Å². The maximum absolute atomic E-state index is 13.5. The van der Waals surface area contributed by atoms with E-state index in [2.05, 4.69) is 10.2 Å². The Morgan fingerprint density at radius 2 is 2.00 bits per heavy atom. The number of fused-ring (bicyclic) bond motifs is 1. The molecule has 0 fully saturated rings. The molecule has 6 nitrogen and oxygen atoms in total. The average Bonchev–Trinajstić information content (AvgIpc) is 2.71. The van der Waals surface area contributed by atoms with Gasteiger partial charge in [-0.05, 0) is 50.1 Å². The van der Waals surface area contributed by atoms with Crippen LogP contribution in [0.4, 0.5) is 15.8 Å². The number of halogens is 1. The number of hydrogen-bond donors (Lipinski definition) is 3. The van der Waals surface area contributed by atoms with Crippen LogP contribution in [0, 0.1) is 5.82 Å². The predicted molar refractivity (Wildman–Crippen MR) is 116 cm³/mol. The number of nitrogens with one attached hydrogen (secondary N) is 1. The summed E-state index contributed by atoms with van der Waals surface area (Å²) in [4.78, 5) is 2.24. The first-order valence-corrected chi connectivity index (χ1v) is 10.5. The van der Waals surface area contributed by atoms with Crippen molar-refractivity contribution in [2.45, 2.75) is 45.2 Å². The summed E-state index contributed by atoms with van der Waals surface area (Å²) in [6, 6.07) is 12.6. The van der Waals surface area contributed by atoms with E-state index in [0.29, 0.717) is 18.8 Å². The Bertz CT molecular complexity index is 800. The van der Waals surface area contributed by atoms with Gasteiger partial charge in [0, 0.05) is 37.9 Å². The first-order chi connectivity index (χ1) is 14.5. The standard InChI is InChI=1S/C23H31FN2O4/c1-3-29-22(23(27)28)13-17-5-8-19(9-6-17)25-11-4-12-26-15-16(2)30-21-14-18(24)7-10-20(21)26/h5-10,14,16,22-23,25,27-28H,3-4,11-13,15H2,1-2H3. The number of ether oxygens (including phenoxy) is 2. The largest absolute Gasteiger partial charge is 0.487 e. The summed E-state index contributed by atoms with van der Waals surface area (Å²) < 4.78 is 24.6. The van der Waals surface area contributed by atoms with Crippen LogP contribution in [0.15, 0.2) is 42.5 Å². The van der Waals surface area contributed by atoms with Gasteiger partial charge in [-0.1, -0.05) is 12.1 Å². The fourth-order valence-corrected chi connectivity index (χ4v) is 3.68. The van der Waals surface area contributed by atoms with Crippen molar-refractivity contribution in [3.05, 3.63) is 53.8 Å². The van der Waals surface area contributed by atoms with Crippen LogP contribution in [0.5, 0.6) is 5.75 Å². The molecule has 7 heteroatoms. The van der Waals surface area contributed by atoms with Crippen molar-refractivity contribution in [1.82, 2.24) is 0 Å². The topological polar surface area (TPSA) is 74.2 Å². The summed E-state index contributed by atoms with van der Waals surface area (Å²) in [7, 11) is 0. The third-order valence-corrected chi connectivity index (χ3v) is 5.11. The summed E-state index contributed by atoms with van der Waals surface area (Å²) >= 11 is 0. The molecule has 2 aromatic rings. The molecule has 0 aromatic heterocycles. The Hall–Kier alpha value is -2.35. The molecule has 0 aliphatic carbocycles. The Morgan fingerprint density at radius 3 is 2.70 bits per heavy atom. The average molecular weight is 419 g/mol. The third-order valence-electron chi connectivity index (χ3n) is 5.11. The summed E-state index contributed by atoms with van der Waals surface area (Å²) in [5, 5.41) is 22.2. The van der Waals surface area contributed by atoms with Crippen LogP contribution in [0.25, 0.3) is 0 Å². The van der Waals surface area contributed by atoms with Crippen LogP contribution in [-0.4, -0.2) is 55.0 Å². The summed E-state index contributed by atoms with van der Waals surface area (Å²) in [6.45, 7) is 6.69. The van der Waals surface area contributed by atoms with Crippen molar-refractivity contribution < 1.29 is 24.1 Å². The van der Waals surface area contributed by atoms with E-state index < -0.39 is 12.4 Å². The second-order valence-corrected chi connectivity index (χ2v) is 7.58. The van der Waals surface area contributed by atoms with Crippen LogP contribution in [0.3, 0.4) is 0 Å². The number of rotatable bonds is 10. The second-order valence-electron chi connectivity index (χ2n) is 7.58. The molecule has 3 N–H and O–H groups in total. The number of hydrogen-bond acceptors (Lipinski definition) is 6. The van der Waals surface area contributed by atoms with Crippen molar-refractivity contribution in [1.29, 1.82) is 0 Å². The van der Waals surface area contributed by atoms with E-state index >= 15 is 0 Å². The Balaban J connectivity index is 1.47. The van der Waals surface area contributed by atoms with E-state index in [-0.39, 0.29) is 11.9 Å². The van der Waals surface area contributed by atoms with E-state index in [1.165, 1.54) is 12.1 Å². The normalized spacial score (nSPS) is 16.9. The van der Waals surface area contributed by atoms with Gasteiger partial charge in [-0.25, -0.2) is 4.39 Å². The maximum Gasteiger partial charge on any atom is 0.178 e. The van der Waals surface area contributed by atoms with E-state index in [4.69, 9.17) is 9.47 Å². The van der Waals surface area contributed by atoms with Gasteiger partial charge in [-0.3, -0.25) is 0 Å². The van der Waals surface area contributed by atoms with E-state index in [9.17, 15) is 14.6 Å². The molecule has 2 unspecified atom stereocenters. The lowest BCUT2D eigenvalue weighted by molar-refractivity contribution is -0.142. The van der Waals surface area contributed by atoms with Gasteiger partial charge in [-0.2, -0.15) is 0 Å². The van der Waals surface area contributed by atoms with Gasteiger partial charge >= 0.3 is 0 Å². The summed E-state index contributed by atoms with van der Waals surface area (Å²) in [5.74, 6) is 0.324. The van der Waals surface area contributed by atoms with Crippen LogP contribution in [0.2, 0.25) is 0 Å². The zero-order valence-electron chi connectivity index (χ0n) is 17.6. The maximum atomic E-state index is 13.5. The molecular formula is C23H31FN2O4. The van der Waals surface area contributed by atoms with Crippen LogP contribution < -0.4 is 15.0 Å². The van der Waals surface area contributed by atoms with E-state index in [1.54, 1.807) is 6.07 Å². The Morgan fingerprint density at radius 1 is 1.23 bits per heavy atom. The lowest BCUT2D eigenvalue weighted by Crippen LogP contribution is -2.39. The molecule has 2 atom stereocenters. The van der Waals surface area contributed by atoms with Crippen molar-refractivity contribution in [2.75, 3.05) is 36.5 Å². The fraction of sp³-hybridized carbons (Fsp3) is 0.478. The summed E-state index contributed by atoms with van der Waals surface area (Å²) in [6.07, 6.45) is -0.721. The molecule has 0 amide bonds. The first kappa shape index (κ1) is 22.3. The minimum Gasteiger partial charge on any atom is -0.487 e. The molecule has 0 radical (unpaired) electrons. The highest BCUT2D eigenvalue weighted by atomic mass is 19.1. The van der Waals surface area contributed by atoms with Gasteiger partial charge in [0.25, 0.3) is 0 Å². The quantitative estimate of drug-likeness (QED) is 0.407. The van der Waals surface area contributed by atoms with Gasteiger partial charge in [0.15, 0.2) is 6.29 Å². The number of anilines is 2. The second kappa shape index (κ2) is 10.6. The lowest BCUT2D eigenvalue weighted by atomic mass is 10.1. The predicted octanol–water partition coefficient (Wildman–Crippen LogP) is 3.17. The lowest BCUT2D eigenvalue weighted by Gasteiger charge is -2.35. The molecule has 1 aliphatic rings. The highest BCUT2D eigenvalue weighted by molar-refractivity contribution is 5.60. The zero-order valence-corrected chi connectivity index (χ0v) is 17.6. The molecule has 0 bridgehead atoms. The van der Waals surface area contributed by atoms with Gasteiger partial charge in [0.05, 0.1) is 12.2 Å². The molecule has 164 valence electrons. The molecule has 0 saturated heterocycles. The molecule has 3 rings (SSSR count). The molecule has 1 heterocycles. The van der Waals surface area contributed by atoms with Crippen LogP contribution in [0.1, 0.15) is 25.8 Å². The smallest absolute Gasteiger partial charge is 0.178 e. The van der Waals surface area contributed by atoms with Crippen molar-refractivity contribution in [2.24, 2.45) is 0 Å². The van der Waals surface area contributed by atoms with Gasteiger partial charge in [0.2, 0.25) is 0 Å². The highest BCUT2D eigenvalue weighted by Crippen LogP contribution is 2.33. The number of aliphatic hydroxyl groups is 2. The number of benzene rings is 2. The zero-order chi connectivity index (χ0) is 21.5. The Labute approximate surface area is 177 Å². The van der Waals surface area contributed by atoms with Crippen molar-refractivity contribution >= 4 is 11.4 Å². The van der Waals surface area contributed by atoms with E-state index in [1.807, 2.05) is 38.1 Å².